The molecule has 0 aliphatic carbocycles. The van der Waals surface area contributed by atoms with Gasteiger partial charge in [-0.25, -0.2) is 9.97 Å². The van der Waals surface area contributed by atoms with E-state index in [1.54, 1.807) is 18.3 Å². The number of carbonyl (C=O) groups is 1. The number of pyridine rings is 1. The van der Waals surface area contributed by atoms with E-state index in [2.05, 4.69) is 15.3 Å². The molecule has 7 heteroatoms. The number of aromatic nitrogens is 3. The molecule has 0 radical (unpaired) electrons. The van der Waals surface area contributed by atoms with Gasteiger partial charge in [0.15, 0.2) is 0 Å². The highest BCUT2D eigenvalue weighted by Crippen LogP contribution is 2.02. The van der Waals surface area contributed by atoms with Gasteiger partial charge in [0.05, 0.1) is 13.1 Å². The molecular weight excluding hydrogens is 318 g/mol. The van der Waals surface area contributed by atoms with Crippen molar-refractivity contribution in [2.45, 2.75) is 13.1 Å². The number of hydrogen-bond donors (Lipinski definition) is 2. The molecule has 0 aliphatic rings. The Labute approximate surface area is 144 Å². The molecule has 0 spiro atoms. The van der Waals surface area contributed by atoms with Gasteiger partial charge in [0.2, 0.25) is 0 Å². The first-order valence-corrected chi connectivity index (χ1v) is 7.72. The molecule has 2 heterocycles. The van der Waals surface area contributed by atoms with Gasteiger partial charge in [-0.2, -0.15) is 0 Å². The van der Waals surface area contributed by atoms with Gasteiger partial charge in [-0.05, 0) is 23.8 Å². The minimum atomic E-state index is -0.474. The Kier molecular flexibility index (Phi) is 4.84. The van der Waals surface area contributed by atoms with E-state index < -0.39 is 5.91 Å². The fourth-order valence-electron chi connectivity index (χ4n) is 2.37. The standard InChI is InChI=1S/C18H17N5O2/c19-15-8-9-20-16(22-15)11-21-17(24)14-7-4-10-23(18(14)25)12-13-5-2-1-3-6-13/h1-10H,11-12H2,(H,21,24)(H2,19,20,22). The smallest absolute Gasteiger partial charge is 0.263 e. The lowest BCUT2D eigenvalue weighted by Crippen LogP contribution is -2.33. The predicted octanol–water partition coefficient (Wildman–Crippen LogP) is 1.20. The maximum atomic E-state index is 12.5. The third kappa shape index (κ3) is 4.08. The van der Waals surface area contributed by atoms with Crippen LogP contribution in [-0.2, 0) is 13.1 Å². The minimum absolute atomic E-state index is 0.0716. The van der Waals surface area contributed by atoms with Gasteiger partial charge in [-0.1, -0.05) is 30.3 Å². The van der Waals surface area contributed by atoms with E-state index in [-0.39, 0.29) is 17.7 Å². The van der Waals surface area contributed by atoms with Crippen LogP contribution in [0.15, 0.2) is 65.7 Å². The number of rotatable bonds is 5. The first kappa shape index (κ1) is 16.4. The lowest BCUT2D eigenvalue weighted by Gasteiger charge is -2.09. The molecular formula is C18H17N5O2. The minimum Gasteiger partial charge on any atom is -0.384 e. The van der Waals surface area contributed by atoms with Crippen LogP contribution in [0, 0.1) is 0 Å². The molecule has 2 aromatic heterocycles. The van der Waals surface area contributed by atoms with Crippen molar-refractivity contribution in [3.63, 3.8) is 0 Å². The molecule has 0 bridgehead atoms. The van der Waals surface area contributed by atoms with E-state index in [4.69, 9.17) is 5.73 Å². The van der Waals surface area contributed by atoms with Crippen molar-refractivity contribution in [2.24, 2.45) is 0 Å². The number of hydrogen-bond acceptors (Lipinski definition) is 5. The van der Waals surface area contributed by atoms with Crippen LogP contribution in [0.4, 0.5) is 5.82 Å². The molecule has 0 atom stereocenters. The Bertz CT molecular complexity index is 937. The van der Waals surface area contributed by atoms with Crippen LogP contribution in [0.3, 0.4) is 0 Å². The van der Waals surface area contributed by atoms with Gasteiger partial charge in [0.25, 0.3) is 11.5 Å². The molecule has 126 valence electrons. The first-order valence-electron chi connectivity index (χ1n) is 7.72. The number of amides is 1. The molecule has 0 unspecified atom stereocenters. The van der Waals surface area contributed by atoms with Crippen LogP contribution in [0.1, 0.15) is 21.7 Å². The van der Waals surface area contributed by atoms with E-state index in [9.17, 15) is 9.59 Å². The normalized spacial score (nSPS) is 10.4. The van der Waals surface area contributed by atoms with Gasteiger partial charge < -0.3 is 15.6 Å². The Hall–Kier alpha value is -3.48. The molecule has 0 aliphatic heterocycles. The van der Waals surface area contributed by atoms with Crippen molar-refractivity contribution in [1.82, 2.24) is 19.9 Å². The van der Waals surface area contributed by atoms with E-state index in [1.807, 2.05) is 30.3 Å². The molecule has 25 heavy (non-hydrogen) atoms. The quantitative estimate of drug-likeness (QED) is 0.729. The second kappa shape index (κ2) is 7.39. The van der Waals surface area contributed by atoms with E-state index >= 15 is 0 Å². The fraction of sp³-hybridized carbons (Fsp3) is 0.111. The van der Waals surface area contributed by atoms with Gasteiger partial charge >= 0.3 is 0 Å². The lowest BCUT2D eigenvalue weighted by atomic mass is 10.2. The molecule has 0 fully saturated rings. The summed E-state index contributed by atoms with van der Waals surface area (Å²) in [4.78, 5) is 32.9. The summed E-state index contributed by atoms with van der Waals surface area (Å²) >= 11 is 0. The zero-order valence-electron chi connectivity index (χ0n) is 13.4. The molecule has 3 aromatic rings. The average molecular weight is 335 g/mol. The number of carbonyl (C=O) groups excluding carboxylic acids is 1. The summed E-state index contributed by atoms with van der Waals surface area (Å²) < 4.78 is 1.50. The van der Waals surface area contributed by atoms with Crippen molar-refractivity contribution in [3.8, 4) is 0 Å². The maximum absolute atomic E-state index is 12.5. The van der Waals surface area contributed by atoms with E-state index in [0.717, 1.165) is 5.56 Å². The van der Waals surface area contributed by atoms with Crippen LogP contribution in [0.2, 0.25) is 0 Å². The Morgan fingerprint density at radius 3 is 2.68 bits per heavy atom. The number of nitrogens with two attached hydrogens (primary N) is 1. The van der Waals surface area contributed by atoms with E-state index in [1.165, 1.54) is 16.8 Å². The summed E-state index contributed by atoms with van der Waals surface area (Å²) in [6, 6.07) is 14.3. The highest BCUT2D eigenvalue weighted by atomic mass is 16.2. The summed E-state index contributed by atoms with van der Waals surface area (Å²) in [5.74, 6) is 0.233. The Balaban J connectivity index is 1.74. The van der Waals surface area contributed by atoms with Gasteiger partial charge in [-0.3, -0.25) is 9.59 Å². The maximum Gasteiger partial charge on any atom is 0.263 e. The van der Waals surface area contributed by atoms with Gasteiger partial charge in [0, 0.05) is 12.4 Å². The molecule has 0 saturated carbocycles. The van der Waals surface area contributed by atoms with Gasteiger partial charge in [-0.15, -0.1) is 0 Å². The summed E-state index contributed by atoms with van der Waals surface area (Å²) in [5.41, 5.74) is 6.28. The third-order valence-electron chi connectivity index (χ3n) is 3.59. The summed E-state index contributed by atoms with van der Waals surface area (Å²) in [6.45, 7) is 0.496. The second-order valence-corrected chi connectivity index (χ2v) is 5.42. The van der Waals surface area contributed by atoms with Crippen molar-refractivity contribution in [1.29, 1.82) is 0 Å². The van der Waals surface area contributed by atoms with Crippen LogP contribution in [-0.4, -0.2) is 20.4 Å². The van der Waals surface area contributed by atoms with Crippen molar-refractivity contribution < 1.29 is 4.79 Å². The number of nitrogen functional groups attached to an aromatic ring is 1. The first-order chi connectivity index (χ1) is 12.1. The van der Waals surface area contributed by atoms with Crippen molar-refractivity contribution in [3.05, 3.63) is 88.2 Å². The largest absolute Gasteiger partial charge is 0.384 e. The molecule has 1 amide bonds. The SMILES string of the molecule is Nc1ccnc(CNC(=O)c2cccn(Cc3ccccc3)c2=O)n1. The number of nitrogens with zero attached hydrogens (tertiary/aromatic N) is 3. The molecule has 7 nitrogen and oxygen atoms in total. The molecule has 3 N–H and O–H groups in total. The van der Waals surface area contributed by atoms with Crippen molar-refractivity contribution >= 4 is 11.7 Å². The topological polar surface area (TPSA) is 103 Å². The summed E-state index contributed by atoms with van der Waals surface area (Å²) in [7, 11) is 0. The van der Waals surface area contributed by atoms with E-state index in [0.29, 0.717) is 18.2 Å². The fourth-order valence-corrected chi connectivity index (χ4v) is 2.37. The lowest BCUT2D eigenvalue weighted by molar-refractivity contribution is 0.0947. The Morgan fingerprint density at radius 2 is 1.92 bits per heavy atom. The average Bonchev–Trinajstić information content (AvgIpc) is 2.62. The third-order valence-corrected chi connectivity index (χ3v) is 3.59. The van der Waals surface area contributed by atoms with Crippen LogP contribution in [0.25, 0.3) is 0 Å². The highest BCUT2D eigenvalue weighted by molar-refractivity contribution is 5.93. The zero-order chi connectivity index (χ0) is 17.6. The number of anilines is 1. The van der Waals surface area contributed by atoms with Crippen LogP contribution in [0.5, 0.6) is 0 Å². The molecule has 3 rings (SSSR count). The predicted molar refractivity (Wildman–Crippen MR) is 93.9 cm³/mol. The number of benzene rings is 1. The highest BCUT2D eigenvalue weighted by Gasteiger charge is 2.12. The monoisotopic (exact) mass is 335 g/mol. The van der Waals surface area contributed by atoms with Crippen LogP contribution < -0.4 is 16.6 Å². The van der Waals surface area contributed by atoms with Gasteiger partial charge in [0.1, 0.15) is 17.2 Å². The van der Waals surface area contributed by atoms with Crippen LogP contribution >= 0.6 is 0 Å². The molecule has 0 saturated heterocycles. The second-order valence-electron chi connectivity index (χ2n) is 5.42. The summed E-state index contributed by atoms with van der Waals surface area (Å²) in [5, 5.41) is 2.64. The van der Waals surface area contributed by atoms with Crippen molar-refractivity contribution in [2.75, 3.05) is 5.73 Å². The number of nitrogens with one attached hydrogen (secondary N) is 1. The summed E-state index contributed by atoms with van der Waals surface area (Å²) in [6.07, 6.45) is 3.17. The molecule has 1 aromatic carbocycles. The Morgan fingerprint density at radius 1 is 1.12 bits per heavy atom. The zero-order valence-corrected chi connectivity index (χ0v) is 13.4.